The van der Waals surface area contributed by atoms with Crippen LogP contribution in [0.5, 0.6) is 5.75 Å². The van der Waals surface area contributed by atoms with Crippen molar-refractivity contribution in [2.45, 2.75) is 65.1 Å². The maximum Gasteiger partial charge on any atom is 0.338 e. The molecule has 0 spiro atoms. The molecule has 4 rings (SSSR count). The molecule has 3 aromatic carbocycles. The minimum absolute atomic E-state index is 0.217. The Labute approximate surface area is 241 Å². The third-order valence-electron chi connectivity index (χ3n) is 8.18. The topological polar surface area (TPSA) is 48.0 Å². The second-order valence-corrected chi connectivity index (χ2v) is 16.9. The lowest BCUT2D eigenvalue weighted by molar-refractivity contribution is 0.0527. The van der Waals surface area contributed by atoms with E-state index in [2.05, 4.69) is 81.2 Å². The summed E-state index contributed by atoms with van der Waals surface area (Å²) in [6, 6.07) is 22.7. The molecular formula is C34H45NO4Si. The van der Waals surface area contributed by atoms with Crippen LogP contribution in [0.3, 0.4) is 0 Å². The number of rotatable bonds is 11. The fourth-order valence-electron chi connectivity index (χ4n) is 4.71. The molecule has 0 bridgehead atoms. The summed E-state index contributed by atoms with van der Waals surface area (Å²) in [4.78, 5) is 15.2. The van der Waals surface area contributed by atoms with Crippen LogP contribution in [-0.4, -0.2) is 47.2 Å². The zero-order valence-corrected chi connectivity index (χ0v) is 26.1. The SMILES string of the molecule is CCOC(=O)c1ccc(-c2ccc(OCCCO[Si](C)(C)C(C)(C)C)cc2)cc1-c1ccc(N2CCCC2)cc1. The number of hydrogen-bond acceptors (Lipinski definition) is 5. The second kappa shape index (κ2) is 13.0. The van der Waals surface area contributed by atoms with E-state index in [1.165, 1.54) is 18.5 Å². The Hall–Kier alpha value is -3.09. The first-order chi connectivity index (χ1) is 19.1. The Morgan fingerprint density at radius 2 is 1.48 bits per heavy atom. The van der Waals surface area contributed by atoms with Gasteiger partial charge in [-0.05, 0) is 96.5 Å². The van der Waals surface area contributed by atoms with Crippen LogP contribution in [0.4, 0.5) is 5.69 Å². The van der Waals surface area contributed by atoms with Gasteiger partial charge in [0.1, 0.15) is 5.75 Å². The molecule has 214 valence electrons. The Bertz CT molecular complexity index is 1260. The summed E-state index contributed by atoms with van der Waals surface area (Å²) in [5.41, 5.74) is 5.82. The third kappa shape index (κ3) is 7.35. The van der Waals surface area contributed by atoms with Crippen molar-refractivity contribution in [3.63, 3.8) is 0 Å². The standard InChI is InChI=1S/C34H45NO4Si/c1-7-37-33(36)31-20-15-28(25-32(31)27-11-16-29(17-12-27)35-21-8-9-22-35)26-13-18-30(19-14-26)38-23-10-24-39-40(5,6)34(2,3)4/h11-20,25H,7-10,21-24H2,1-6H3. The summed E-state index contributed by atoms with van der Waals surface area (Å²) >= 11 is 0. The van der Waals surface area contributed by atoms with E-state index in [1.807, 2.05) is 31.2 Å². The van der Waals surface area contributed by atoms with E-state index in [-0.39, 0.29) is 11.0 Å². The number of esters is 1. The highest BCUT2D eigenvalue weighted by molar-refractivity contribution is 6.74. The van der Waals surface area contributed by atoms with Crippen molar-refractivity contribution in [2.24, 2.45) is 0 Å². The van der Waals surface area contributed by atoms with E-state index in [9.17, 15) is 4.79 Å². The predicted octanol–water partition coefficient (Wildman–Crippen LogP) is 8.59. The summed E-state index contributed by atoms with van der Waals surface area (Å²) in [5, 5.41) is 0.217. The van der Waals surface area contributed by atoms with E-state index in [0.717, 1.165) is 54.1 Å². The van der Waals surface area contributed by atoms with Crippen LogP contribution in [0.15, 0.2) is 66.7 Å². The summed E-state index contributed by atoms with van der Waals surface area (Å²) in [6.45, 7) is 17.1. The van der Waals surface area contributed by atoms with E-state index in [1.54, 1.807) is 0 Å². The molecule has 1 aliphatic heterocycles. The van der Waals surface area contributed by atoms with Gasteiger partial charge in [-0.1, -0.05) is 51.1 Å². The van der Waals surface area contributed by atoms with Crippen LogP contribution in [-0.2, 0) is 9.16 Å². The van der Waals surface area contributed by atoms with Gasteiger partial charge in [0.15, 0.2) is 8.32 Å². The molecule has 40 heavy (non-hydrogen) atoms. The molecule has 0 atom stereocenters. The minimum atomic E-state index is -1.72. The minimum Gasteiger partial charge on any atom is -0.494 e. The van der Waals surface area contributed by atoms with Crippen molar-refractivity contribution in [3.8, 4) is 28.0 Å². The summed E-state index contributed by atoms with van der Waals surface area (Å²) in [5.74, 6) is 0.547. The number of benzene rings is 3. The first kappa shape index (κ1) is 29.9. The fourth-order valence-corrected chi connectivity index (χ4v) is 5.80. The number of carbonyl (C=O) groups is 1. The lowest BCUT2D eigenvalue weighted by atomic mass is 9.94. The van der Waals surface area contributed by atoms with Gasteiger partial charge in [-0.3, -0.25) is 0 Å². The molecule has 1 saturated heterocycles. The lowest BCUT2D eigenvalue weighted by Crippen LogP contribution is -2.41. The second-order valence-electron chi connectivity index (χ2n) is 12.1. The van der Waals surface area contributed by atoms with Crippen LogP contribution >= 0.6 is 0 Å². The molecule has 1 heterocycles. The third-order valence-corrected chi connectivity index (χ3v) is 12.7. The highest BCUT2D eigenvalue weighted by Crippen LogP contribution is 2.36. The van der Waals surface area contributed by atoms with Gasteiger partial charge in [-0.15, -0.1) is 0 Å². The quantitative estimate of drug-likeness (QED) is 0.134. The van der Waals surface area contributed by atoms with E-state index in [4.69, 9.17) is 13.9 Å². The maximum absolute atomic E-state index is 12.8. The van der Waals surface area contributed by atoms with Crippen LogP contribution in [0.25, 0.3) is 22.3 Å². The molecule has 5 nitrogen and oxygen atoms in total. The molecule has 1 aliphatic rings. The van der Waals surface area contributed by atoms with Crippen molar-refractivity contribution in [1.82, 2.24) is 0 Å². The molecule has 0 amide bonds. The maximum atomic E-state index is 12.8. The molecule has 0 unspecified atom stereocenters. The van der Waals surface area contributed by atoms with Gasteiger partial charge in [-0.2, -0.15) is 0 Å². The largest absolute Gasteiger partial charge is 0.494 e. The van der Waals surface area contributed by atoms with Gasteiger partial charge in [0.2, 0.25) is 0 Å². The van der Waals surface area contributed by atoms with Crippen molar-refractivity contribution < 1.29 is 18.7 Å². The molecule has 0 aromatic heterocycles. The number of anilines is 1. The summed E-state index contributed by atoms with van der Waals surface area (Å²) in [7, 11) is -1.72. The number of nitrogens with zero attached hydrogens (tertiary/aromatic N) is 1. The van der Waals surface area contributed by atoms with Crippen LogP contribution in [0.1, 0.15) is 57.3 Å². The average Bonchev–Trinajstić information content (AvgIpc) is 3.48. The van der Waals surface area contributed by atoms with Crippen LogP contribution in [0, 0.1) is 0 Å². The van der Waals surface area contributed by atoms with Gasteiger partial charge in [0.05, 0.1) is 18.8 Å². The molecule has 3 aromatic rings. The molecule has 0 saturated carbocycles. The zero-order chi connectivity index (χ0) is 28.8. The predicted molar refractivity (Wildman–Crippen MR) is 168 cm³/mol. The molecule has 6 heteroatoms. The van der Waals surface area contributed by atoms with Crippen LogP contribution < -0.4 is 9.64 Å². The van der Waals surface area contributed by atoms with Crippen LogP contribution in [0.2, 0.25) is 18.1 Å². The lowest BCUT2D eigenvalue weighted by Gasteiger charge is -2.36. The van der Waals surface area contributed by atoms with Gasteiger partial charge in [-0.25, -0.2) is 4.79 Å². The van der Waals surface area contributed by atoms with Crippen molar-refractivity contribution >= 4 is 20.0 Å². The molecule has 1 fully saturated rings. The normalized spacial score (nSPS) is 13.9. The Kier molecular flexibility index (Phi) is 9.75. The molecule has 0 N–H and O–H groups in total. The average molecular weight is 560 g/mol. The molecule has 0 aliphatic carbocycles. The van der Waals surface area contributed by atoms with Gasteiger partial charge in [0.25, 0.3) is 0 Å². The Balaban J connectivity index is 1.45. The van der Waals surface area contributed by atoms with Gasteiger partial charge in [0, 0.05) is 31.8 Å². The van der Waals surface area contributed by atoms with Crippen molar-refractivity contribution in [3.05, 3.63) is 72.3 Å². The van der Waals surface area contributed by atoms with E-state index in [0.29, 0.717) is 18.8 Å². The number of carbonyl (C=O) groups excluding carboxylic acids is 1. The Morgan fingerprint density at radius 1 is 0.850 bits per heavy atom. The van der Waals surface area contributed by atoms with Gasteiger partial charge < -0.3 is 18.8 Å². The molecular weight excluding hydrogens is 514 g/mol. The monoisotopic (exact) mass is 559 g/mol. The van der Waals surface area contributed by atoms with E-state index < -0.39 is 8.32 Å². The smallest absolute Gasteiger partial charge is 0.338 e. The molecule has 0 radical (unpaired) electrons. The Morgan fingerprint density at radius 3 is 2.10 bits per heavy atom. The zero-order valence-electron chi connectivity index (χ0n) is 25.1. The van der Waals surface area contributed by atoms with Gasteiger partial charge >= 0.3 is 5.97 Å². The highest BCUT2D eigenvalue weighted by Gasteiger charge is 2.36. The summed E-state index contributed by atoms with van der Waals surface area (Å²) < 4.78 is 17.6. The summed E-state index contributed by atoms with van der Waals surface area (Å²) in [6.07, 6.45) is 3.35. The highest BCUT2D eigenvalue weighted by atomic mass is 28.4. The fraction of sp³-hybridized carbons (Fsp3) is 0.441. The first-order valence-electron chi connectivity index (χ1n) is 14.6. The number of hydrogen-bond donors (Lipinski definition) is 0. The number of ether oxygens (including phenoxy) is 2. The van der Waals surface area contributed by atoms with E-state index >= 15 is 0 Å². The van der Waals surface area contributed by atoms with Crippen molar-refractivity contribution in [2.75, 3.05) is 37.8 Å². The van der Waals surface area contributed by atoms with Crippen molar-refractivity contribution in [1.29, 1.82) is 0 Å². The first-order valence-corrected chi connectivity index (χ1v) is 17.5.